The zero-order valence-electron chi connectivity index (χ0n) is 15.6. The molecule has 0 saturated carbocycles. The van der Waals surface area contributed by atoms with E-state index >= 15 is 0 Å². The van der Waals surface area contributed by atoms with Gasteiger partial charge in [-0.05, 0) is 48.5 Å². The van der Waals surface area contributed by atoms with Crippen molar-refractivity contribution < 1.29 is 23.9 Å². The molecule has 1 heterocycles. The molecule has 1 aliphatic rings. The first kappa shape index (κ1) is 22.0. The van der Waals surface area contributed by atoms with Gasteiger partial charge in [0.15, 0.2) is 6.61 Å². The summed E-state index contributed by atoms with van der Waals surface area (Å²) in [4.78, 5) is 49.8. The monoisotopic (exact) mass is 537 g/mol. The minimum atomic E-state index is -0.692. The van der Waals surface area contributed by atoms with Gasteiger partial charge in [0.25, 0.3) is 11.8 Å². The van der Waals surface area contributed by atoms with Crippen molar-refractivity contribution in [3.8, 4) is 0 Å². The van der Waals surface area contributed by atoms with Crippen LogP contribution in [0, 0.1) is 5.92 Å². The largest absolute Gasteiger partial charge is 0.455 e. The van der Waals surface area contributed by atoms with Crippen LogP contribution in [0.4, 0.5) is 5.69 Å². The number of carbonyl (C=O) groups excluding carboxylic acids is 4. The van der Waals surface area contributed by atoms with E-state index in [1.807, 2.05) is 0 Å². The van der Waals surface area contributed by atoms with E-state index in [1.54, 1.807) is 48.5 Å². The van der Waals surface area contributed by atoms with Crippen LogP contribution in [0.2, 0.25) is 0 Å². The fraction of sp³-hybridized carbons (Fsp3) is 0.200. The molecule has 3 amide bonds. The van der Waals surface area contributed by atoms with Crippen LogP contribution in [-0.2, 0) is 19.1 Å². The Labute approximate surface area is 189 Å². The average molecular weight is 539 g/mol. The maximum atomic E-state index is 12.2. The predicted octanol–water partition coefficient (Wildman–Crippen LogP) is 2.57. The molecule has 2 aromatic rings. The highest BCUT2D eigenvalue weighted by molar-refractivity contribution is 9.10. The second-order valence-electron chi connectivity index (χ2n) is 6.50. The summed E-state index contributed by atoms with van der Waals surface area (Å²) in [6, 6.07) is 13.7. The number of anilines is 1. The molecule has 0 aliphatic carbocycles. The van der Waals surface area contributed by atoms with E-state index in [4.69, 9.17) is 4.74 Å². The van der Waals surface area contributed by atoms with Gasteiger partial charge in [0.05, 0.1) is 5.92 Å². The molecule has 2 N–H and O–H groups in total. The molecular weight excluding hydrogens is 522 g/mol. The van der Waals surface area contributed by atoms with Crippen LogP contribution >= 0.6 is 31.9 Å². The van der Waals surface area contributed by atoms with Gasteiger partial charge in [0.1, 0.15) is 0 Å². The molecule has 30 heavy (non-hydrogen) atoms. The number of carbonyl (C=O) groups is 4. The summed E-state index contributed by atoms with van der Waals surface area (Å²) in [5, 5.41) is 0. The molecule has 156 valence electrons. The highest BCUT2D eigenvalue weighted by Crippen LogP contribution is 2.27. The summed E-state index contributed by atoms with van der Waals surface area (Å²) in [6.07, 6.45) is 0.0107. The first-order valence-corrected chi connectivity index (χ1v) is 10.5. The van der Waals surface area contributed by atoms with Gasteiger partial charge in [-0.25, -0.2) is 0 Å². The first-order valence-electron chi connectivity index (χ1n) is 8.91. The van der Waals surface area contributed by atoms with Crippen LogP contribution in [0.5, 0.6) is 0 Å². The molecule has 1 atom stereocenters. The average Bonchev–Trinajstić information content (AvgIpc) is 3.13. The minimum Gasteiger partial charge on any atom is -0.455 e. The first-order chi connectivity index (χ1) is 14.3. The number of hydrogen-bond acceptors (Lipinski definition) is 5. The van der Waals surface area contributed by atoms with Crippen molar-refractivity contribution in [1.82, 2.24) is 10.9 Å². The minimum absolute atomic E-state index is 0.0107. The Morgan fingerprint density at radius 2 is 1.57 bits per heavy atom. The lowest BCUT2D eigenvalue weighted by atomic mass is 10.1. The zero-order chi connectivity index (χ0) is 21.7. The molecule has 10 heteroatoms. The normalized spacial score (nSPS) is 15.6. The van der Waals surface area contributed by atoms with Crippen molar-refractivity contribution in [3.05, 3.63) is 63.0 Å². The number of esters is 1. The summed E-state index contributed by atoms with van der Waals surface area (Å²) in [5.74, 6) is -2.69. The summed E-state index contributed by atoms with van der Waals surface area (Å²) in [6.45, 7) is -0.385. The third-order valence-corrected chi connectivity index (χ3v) is 5.42. The van der Waals surface area contributed by atoms with E-state index in [-0.39, 0.29) is 18.9 Å². The van der Waals surface area contributed by atoms with Gasteiger partial charge in [-0.2, -0.15) is 0 Å². The molecule has 1 saturated heterocycles. The van der Waals surface area contributed by atoms with Crippen molar-refractivity contribution in [3.63, 3.8) is 0 Å². The quantitative estimate of drug-likeness (QED) is 0.449. The number of nitrogens with one attached hydrogen (secondary N) is 2. The number of ether oxygens (including phenoxy) is 1. The third kappa shape index (κ3) is 5.67. The van der Waals surface area contributed by atoms with E-state index in [0.717, 1.165) is 8.95 Å². The maximum absolute atomic E-state index is 12.2. The van der Waals surface area contributed by atoms with Gasteiger partial charge in [0, 0.05) is 33.2 Å². The number of rotatable bonds is 5. The number of hydrogen-bond donors (Lipinski definition) is 2. The maximum Gasteiger partial charge on any atom is 0.311 e. The number of amides is 3. The van der Waals surface area contributed by atoms with Crippen molar-refractivity contribution in [2.75, 3.05) is 18.1 Å². The van der Waals surface area contributed by atoms with Gasteiger partial charge in [0.2, 0.25) is 5.91 Å². The topological polar surface area (TPSA) is 105 Å². The zero-order valence-corrected chi connectivity index (χ0v) is 18.7. The second-order valence-corrected chi connectivity index (χ2v) is 8.33. The second kappa shape index (κ2) is 9.86. The van der Waals surface area contributed by atoms with Gasteiger partial charge in [-0.1, -0.05) is 31.9 Å². The number of benzene rings is 2. The number of halogens is 2. The Morgan fingerprint density at radius 1 is 0.967 bits per heavy atom. The fourth-order valence-corrected chi connectivity index (χ4v) is 3.36. The van der Waals surface area contributed by atoms with Gasteiger partial charge < -0.3 is 9.64 Å². The lowest BCUT2D eigenvalue weighted by Gasteiger charge is -2.16. The van der Waals surface area contributed by atoms with Crippen molar-refractivity contribution in [1.29, 1.82) is 0 Å². The standard InChI is InChI=1S/C20H17Br2N3O5/c21-14-3-1-12(2-4-14)19(28)24-23-17(26)11-30-20(29)13-9-18(27)25(10-13)16-7-5-15(22)6-8-16/h1-8,13H,9-11H2,(H,23,26)(H,24,28)/t13-/m1/s1. The third-order valence-electron chi connectivity index (χ3n) is 4.36. The van der Waals surface area contributed by atoms with Gasteiger partial charge in [-0.3, -0.25) is 30.0 Å². The van der Waals surface area contributed by atoms with E-state index in [9.17, 15) is 19.2 Å². The van der Waals surface area contributed by atoms with E-state index in [0.29, 0.717) is 11.3 Å². The Kier molecular flexibility index (Phi) is 7.22. The smallest absolute Gasteiger partial charge is 0.311 e. The van der Waals surface area contributed by atoms with Crippen LogP contribution in [0.25, 0.3) is 0 Å². The summed E-state index contributed by atoms with van der Waals surface area (Å²) >= 11 is 6.60. The molecule has 0 aromatic heterocycles. The molecule has 0 radical (unpaired) electrons. The molecule has 8 nitrogen and oxygen atoms in total. The molecule has 1 fully saturated rings. The Balaban J connectivity index is 1.44. The Morgan fingerprint density at radius 3 is 2.20 bits per heavy atom. The molecule has 0 unspecified atom stereocenters. The molecule has 0 spiro atoms. The molecule has 2 aromatic carbocycles. The number of hydrazine groups is 1. The van der Waals surface area contributed by atoms with E-state index in [2.05, 4.69) is 42.7 Å². The SMILES string of the molecule is O=C(COC(=O)[C@@H]1CC(=O)N(c2ccc(Br)cc2)C1)NNC(=O)c1ccc(Br)cc1. The van der Waals surface area contributed by atoms with Crippen LogP contribution in [0.3, 0.4) is 0 Å². The van der Waals surface area contributed by atoms with Crippen molar-refractivity contribution in [2.45, 2.75) is 6.42 Å². The molecule has 3 rings (SSSR count). The Hall–Kier alpha value is -2.72. The van der Waals surface area contributed by atoms with Crippen molar-refractivity contribution >= 4 is 61.2 Å². The highest BCUT2D eigenvalue weighted by atomic mass is 79.9. The summed E-state index contributed by atoms with van der Waals surface area (Å²) < 4.78 is 6.70. The molecule has 0 bridgehead atoms. The van der Waals surface area contributed by atoms with Crippen LogP contribution in [-0.4, -0.2) is 36.8 Å². The fourth-order valence-electron chi connectivity index (χ4n) is 2.83. The van der Waals surface area contributed by atoms with Crippen LogP contribution < -0.4 is 15.8 Å². The van der Waals surface area contributed by atoms with E-state index in [1.165, 1.54) is 4.90 Å². The van der Waals surface area contributed by atoms with Crippen LogP contribution in [0.1, 0.15) is 16.8 Å². The summed E-state index contributed by atoms with van der Waals surface area (Å²) in [7, 11) is 0. The van der Waals surface area contributed by atoms with E-state index < -0.39 is 30.3 Å². The van der Waals surface area contributed by atoms with Gasteiger partial charge in [-0.15, -0.1) is 0 Å². The Bertz CT molecular complexity index is 963. The van der Waals surface area contributed by atoms with Crippen molar-refractivity contribution in [2.24, 2.45) is 5.92 Å². The highest BCUT2D eigenvalue weighted by Gasteiger charge is 2.36. The van der Waals surface area contributed by atoms with Gasteiger partial charge >= 0.3 is 5.97 Å². The predicted molar refractivity (Wildman–Crippen MR) is 115 cm³/mol. The summed E-state index contributed by atoms with van der Waals surface area (Å²) in [5.41, 5.74) is 5.46. The lowest BCUT2D eigenvalue weighted by Crippen LogP contribution is -2.43. The van der Waals surface area contributed by atoms with Crippen LogP contribution in [0.15, 0.2) is 57.5 Å². The number of nitrogens with zero attached hydrogens (tertiary/aromatic N) is 1. The molecular formula is C20H17Br2N3O5. The lowest BCUT2D eigenvalue weighted by molar-refractivity contribution is -0.152. The molecule has 1 aliphatic heterocycles.